The second kappa shape index (κ2) is 9.68. The number of primary sulfonamides is 1. The van der Waals surface area contributed by atoms with Crippen molar-refractivity contribution in [2.24, 2.45) is 16.6 Å². The Morgan fingerprint density at radius 2 is 1.78 bits per heavy atom. The first-order valence-corrected chi connectivity index (χ1v) is 13.2. The zero-order valence-electron chi connectivity index (χ0n) is 18.5. The third-order valence-electron chi connectivity index (χ3n) is 5.04. The number of nitrogens with two attached hydrogens (primary N) is 4. The Hall–Kier alpha value is -3.81. The standard InChI is InChI=1S/C18H22N12O4S2/c19-7-11(20)8-23-36(33,34)13-5-4-12(14(15(13)35(22,31)32)17-26-29-30-27-17)9-2-1-3-10(6-9)16-24-18(21)28-25-16/h1-6,11,23H,7-8,19-20H2,(H2,22,31,32)(H3,21,24,25,28)(H,26,27,29,30)/t11-/m1/s1. The summed E-state index contributed by atoms with van der Waals surface area (Å²) in [4.78, 5) is 2.75. The molecule has 2 heterocycles. The Balaban J connectivity index is 1.97. The quantitative estimate of drug-likeness (QED) is 0.124. The van der Waals surface area contributed by atoms with Crippen LogP contribution in [-0.2, 0) is 20.0 Å². The molecule has 0 unspecified atom stereocenters. The van der Waals surface area contributed by atoms with Crippen LogP contribution in [0.2, 0.25) is 0 Å². The van der Waals surface area contributed by atoms with Crippen LogP contribution in [0.3, 0.4) is 0 Å². The minimum Gasteiger partial charge on any atom is -0.368 e. The number of hydrogen-bond donors (Lipinski definition) is 7. The van der Waals surface area contributed by atoms with Gasteiger partial charge in [0.15, 0.2) is 5.82 Å². The Morgan fingerprint density at radius 1 is 1.03 bits per heavy atom. The van der Waals surface area contributed by atoms with E-state index in [0.717, 1.165) is 6.07 Å². The normalized spacial score (nSPS) is 13.1. The first-order chi connectivity index (χ1) is 17.0. The summed E-state index contributed by atoms with van der Waals surface area (Å²) in [6, 6.07) is 8.54. The molecule has 0 aliphatic rings. The number of nitrogens with one attached hydrogen (secondary N) is 3. The number of hydrogen-bond acceptors (Lipinski definition) is 12. The molecule has 18 heteroatoms. The lowest BCUT2D eigenvalue weighted by atomic mass is 9.97. The maximum absolute atomic E-state index is 13.1. The number of benzene rings is 2. The second-order valence-corrected chi connectivity index (χ2v) is 10.8. The third kappa shape index (κ3) is 5.08. The van der Waals surface area contributed by atoms with Crippen molar-refractivity contribution in [3.63, 3.8) is 0 Å². The van der Waals surface area contributed by atoms with E-state index in [1.54, 1.807) is 24.3 Å². The molecule has 2 aromatic carbocycles. The van der Waals surface area contributed by atoms with Gasteiger partial charge in [0.1, 0.15) is 9.79 Å². The maximum Gasteiger partial charge on any atom is 0.241 e. The van der Waals surface area contributed by atoms with Crippen LogP contribution in [0.5, 0.6) is 0 Å². The lowest BCUT2D eigenvalue weighted by Gasteiger charge is -2.17. The van der Waals surface area contributed by atoms with Crippen molar-refractivity contribution in [1.82, 2.24) is 40.5 Å². The van der Waals surface area contributed by atoms with Gasteiger partial charge in [-0.2, -0.15) is 15.3 Å². The molecule has 1 atom stereocenters. The average molecular weight is 535 g/mol. The Labute approximate surface area is 205 Å². The molecule has 0 aliphatic heterocycles. The molecule has 0 saturated heterocycles. The fraction of sp³-hybridized carbons (Fsp3) is 0.167. The van der Waals surface area contributed by atoms with E-state index in [1.807, 2.05) is 0 Å². The molecule has 190 valence electrons. The van der Waals surface area contributed by atoms with Crippen molar-refractivity contribution in [1.29, 1.82) is 0 Å². The van der Waals surface area contributed by atoms with E-state index in [0.29, 0.717) is 17.0 Å². The minimum absolute atomic E-state index is 0.00442. The number of nitrogens with zero attached hydrogens (tertiary/aromatic N) is 5. The van der Waals surface area contributed by atoms with Crippen LogP contribution in [0, 0.1) is 0 Å². The summed E-state index contributed by atoms with van der Waals surface area (Å²) in [5.74, 6) is 0.204. The zero-order chi connectivity index (χ0) is 26.1. The van der Waals surface area contributed by atoms with Crippen LogP contribution >= 0.6 is 0 Å². The van der Waals surface area contributed by atoms with E-state index >= 15 is 0 Å². The highest BCUT2D eigenvalue weighted by atomic mass is 32.2. The summed E-state index contributed by atoms with van der Waals surface area (Å²) < 4.78 is 54.1. The molecule has 0 fully saturated rings. The van der Waals surface area contributed by atoms with Gasteiger partial charge in [0.25, 0.3) is 0 Å². The van der Waals surface area contributed by atoms with Gasteiger partial charge in [0, 0.05) is 24.7 Å². The molecule has 4 rings (SSSR count). The molecule has 36 heavy (non-hydrogen) atoms. The van der Waals surface area contributed by atoms with Crippen LogP contribution < -0.4 is 27.1 Å². The van der Waals surface area contributed by atoms with Crippen LogP contribution in [0.4, 0.5) is 5.95 Å². The first kappa shape index (κ1) is 25.3. The number of anilines is 1. The number of tetrazole rings is 1. The topological polar surface area (TPSA) is 280 Å². The van der Waals surface area contributed by atoms with Crippen LogP contribution in [-0.4, -0.2) is 71.8 Å². The third-order valence-corrected chi connectivity index (χ3v) is 7.63. The first-order valence-electron chi connectivity index (χ1n) is 10.2. The highest BCUT2D eigenvalue weighted by molar-refractivity contribution is 7.92. The number of H-pyrrole nitrogens is 2. The number of sulfonamides is 2. The largest absolute Gasteiger partial charge is 0.368 e. The van der Waals surface area contributed by atoms with Crippen molar-refractivity contribution < 1.29 is 16.8 Å². The summed E-state index contributed by atoms with van der Waals surface area (Å²) >= 11 is 0. The Bertz CT molecular complexity index is 1600. The fourth-order valence-corrected chi connectivity index (χ4v) is 6.09. The summed E-state index contributed by atoms with van der Waals surface area (Å²) in [5.41, 5.74) is 17.9. The van der Waals surface area contributed by atoms with Gasteiger partial charge in [-0.25, -0.2) is 31.8 Å². The molecule has 0 saturated carbocycles. The van der Waals surface area contributed by atoms with E-state index < -0.39 is 35.9 Å². The molecule has 0 amide bonds. The predicted molar refractivity (Wildman–Crippen MR) is 128 cm³/mol. The van der Waals surface area contributed by atoms with Gasteiger partial charge in [-0.1, -0.05) is 24.3 Å². The van der Waals surface area contributed by atoms with E-state index in [1.165, 1.54) is 6.07 Å². The highest BCUT2D eigenvalue weighted by Crippen LogP contribution is 2.39. The van der Waals surface area contributed by atoms with E-state index in [9.17, 15) is 16.8 Å². The van der Waals surface area contributed by atoms with Gasteiger partial charge in [-0.3, -0.25) is 0 Å². The molecule has 0 bridgehead atoms. The molecule has 16 nitrogen and oxygen atoms in total. The van der Waals surface area contributed by atoms with Gasteiger partial charge in [0.05, 0.1) is 5.56 Å². The van der Waals surface area contributed by atoms with Gasteiger partial charge >= 0.3 is 0 Å². The van der Waals surface area contributed by atoms with E-state index in [4.69, 9.17) is 22.3 Å². The lowest BCUT2D eigenvalue weighted by Crippen LogP contribution is -2.42. The van der Waals surface area contributed by atoms with Crippen molar-refractivity contribution >= 4 is 26.0 Å². The van der Waals surface area contributed by atoms with Gasteiger partial charge in [-0.15, -0.1) is 10.2 Å². The molecular weight excluding hydrogens is 512 g/mol. The molecule has 11 N–H and O–H groups in total. The molecule has 0 aliphatic carbocycles. The number of rotatable bonds is 9. The van der Waals surface area contributed by atoms with Crippen molar-refractivity contribution in [2.75, 3.05) is 18.8 Å². The Kier molecular flexibility index (Phi) is 6.80. The molecular formula is C18H22N12O4S2. The Morgan fingerprint density at radius 3 is 2.39 bits per heavy atom. The fourth-order valence-electron chi connectivity index (χ4n) is 3.39. The van der Waals surface area contributed by atoms with Gasteiger partial charge in [0.2, 0.25) is 31.8 Å². The predicted octanol–water partition coefficient (Wildman–Crippen LogP) is -1.89. The molecule has 2 aromatic heterocycles. The average Bonchev–Trinajstić information content (AvgIpc) is 3.53. The van der Waals surface area contributed by atoms with Crippen molar-refractivity contribution in [3.8, 4) is 33.9 Å². The molecule has 4 aromatic rings. The minimum atomic E-state index is -4.65. The summed E-state index contributed by atoms with van der Waals surface area (Å²) in [6.07, 6.45) is 0. The smallest absolute Gasteiger partial charge is 0.241 e. The van der Waals surface area contributed by atoms with Crippen LogP contribution in [0.15, 0.2) is 46.2 Å². The summed E-state index contributed by atoms with van der Waals surface area (Å²) in [5, 5.41) is 25.5. The van der Waals surface area contributed by atoms with Crippen molar-refractivity contribution in [2.45, 2.75) is 15.8 Å². The van der Waals surface area contributed by atoms with E-state index in [2.05, 4.69) is 40.5 Å². The van der Waals surface area contributed by atoms with E-state index in [-0.39, 0.29) is 36.0 Å². The monoisotopic (exact) mass is 534 g/mol. The van der Waals surface area contributed by atoms with Gasteiger partial charge < -0.3 is 17.2 Å². The maximum atomic E-state index is 13.1. The van der Waals surface area contributed by atoms with Crippen molar-refractivity contribution in [3.05, 3.63) is 36.4 Å². The van der Waals surface area contributed by atoms with Crippen LogP contribution in [0.25, 0.3) is 33.9 Å². The van der Waals surface area contributed by atoms with Crippen LogP contribution in [0.1, 0.15) is 0 Å². The number of aromatic nitrogens is 7. The SMILES string of the molecule is NC[C@@H](N)CNS(=O)(=O)c1ccc(-c2cccc(-c3n[nH]c(N)n3)c2)c(-c2nn[nH]n2)c1S(N)(=O)=O. The van der Waals surface area contributed by atoms with Gasteiger partial charge in [-0.05, 0) is 28.5 Å². The summed E-state index contributed by atoms with van der Waals surface area (Å²) in [7, 11) is -9.06. The lowest BCUT2D eigenvalue weighted by molar-refractivity contribution is 0.563. The zero-order valence-corrected chi connectivity index (χ0v) is 20.1. The number of nitrogen functional groups attached to an aromatic ring is 1. The molecule has 0 spiro atoms. The number of aromatic amines is 2. The highest BCUT2D eigenvalue weighted by Gasteiger charge is 2.32. The second-order valence-electron chi connectivity index (χ2n) is 7.57. The summed E-state index contributed by atoms with van der Waals surface area (Å²) in [6.45, 7) is -0.228. The molecule has 0 radical (unpaired) electrons.